The standard InChI is InChI=1S/C13H31NSi/c1-7-11(4)15(10-14,12(5)8-2)13(6)9-3/h11-13H,7-10,14H2,1-6H3. The Morgan fingerprint density at radius 3 is 1.20 bits per heavy atom. The maximum Gasteiger partial charge on any atom is 0.0766 e. The van der Waals surface area contributed by atoms with Crippen LogP contribution in [0.4, 0.5) is 0 Å². The molecule has 0 aromatic carbocycles. The molecule has 0 spiro atoms. The SMILES string of the molecule is CCC(C)[Si](CN)(C(C)CC)C(C)CC. The van der Waals surface area contributed by atoms with E-state index >= 15 is 0 Å². The van der Waals surface area contributed by atoms with Crippen molar-refractivity contribution in [3.8, 4) is 0 Å². The van der Waals surface area contributed by atoms with Crippen molar-refractivity contribution >= 4 is 8.07 Å². The van der Waals surface area contributed by atoms with Crippen molar-refractivity contribution in [1.29, 1.82) is 0 Å². The van der Waals surface area contributed by atoms with Gasteiger partial charge in [0.25, 0.3) is 0 Å². The summed E-state index contributed by atoms with van der Waals surface area (Å²) in [5, 5.41) is 0. The molecule has 0 saturated carbocycles. The third kappa shape index (κ3) is 2.85. The zero-order valence-corrected chi connectivity index (χ0v) is 12.6. The van der Waals surface area contributed by atoms with E-state index in [2.05, 4.69) is 41.5 Å². The van der Waals surface area contributed by atoms with Crippen molar-refractivity contribution in [3.63, 3.8) is 0 Å². The van der Waals surface area contributed by atoms with Crippen molar-refractivity contribution in [3.05, 3.63) is 0 Å². The lowest BCUT2D eigenvalue weighted by atomic mass is 10.3. The van der Waals surface area contributed by atoms with Crippen LogP contribution in [0.25, 0.3) is 0 Å². The van der Waals surface area contributed by atoms with Gasteiger partial charge in [-0.1, -0.05) is 60.8 Å². The quantitative estimate of drug-likeness (QED) is 0.646. The highest BCUT2D eigenvalue weighted by Gasteiger charge is 2.44. The van der Waals surface area contributed by atoms with Crippen LogP contribution in [-0.2, 0) is 0 Å². The number of rotatable bonds is 7. The maximum absolute atomic E-state index is 6.20. The predicted octanol–water partition coefficient (Wildman–Crippen LogP) is 4.33. The van der Waals surface area contributed by atoms with Crippen LogP contribution in [0.1, 0.15) is 60.8 Å². The van der Waals surface area contributed by atoms with Crippen LogP contribution in [0, 0.1) is 0 Å². The fourth-order valence-corrected chi connectivity index (χ4v) is 9.60. The zero-order chi connectivity index (χ0) is 12.1. The molecule has 0 aliphatic heterocycles. The molecule has 1 nitrogen and oxygen atoms in total. The van der Waals surface area contributed by atoms with E-state index in [1.54, 1.807) is 0 Å². The van der Waals surface area contributed by atoms with Crippen LogP contribution in [0.5, 0.6) is 0 Å². The van der Waals surface area contributed by atoms with Gasteiger partial charge >= 0.3 is 0 Å². The highest BCUT2D eigenvalue weighted by atomic mass is 28.3. The second-order valence-corrected chi connectivity index (χ2v) is 10.8. The molecule has 0 aromatic rings. The molecule has 2 N–H and O–H groups in total. The maximum atomic E-state index is 6.20. The summed E-state index contributed by atoms with van der Waals surface area (Å²) >= 11 is 0. The Labute approximate surface area is 97.8 Å². The van der Waals surface area contributed by atoms with Crippen molar-refractivity contribution in [2.75, 3.05) is 6.17 Å². The Hall–Kier alpha value is 0.177. The highest BCUT2D eigenvalue weighted by Crippen LogP contribution is 2.45. The summed E-state index contributed by atoms with van der Waals surface area (Å²) in [6.07, 6.45) is 4.89. The molecule has 0 fully saturated rings. The van der Waals surface area contributed by atoms with Gasteiger partial charge in [0, 0.05) is 0 Å². The van der Waals surface area contributed by atoms with Gasteiger partial charge in [-0.3, -0.25) is 0 Å². The molecule has 0 saturated heterocycles. The summed E-state index contributed by atoms with van der Waals surface area (Å²) in [7, 11) is -1.30. The lowest BCUT2D eigenvalue weighted by Gasteiger charge is -2.45. The van der Waals surface area contributed by atoms with Crippen molar-refractivity contribution in [1.82, 2.24) is 0 Å². The van der Waals surface area contributed by atoms with E-state index in [-0.39, 0.29) is 0 Å². The fourth-order valence-electron chi connectivity index (χ4n) is 3.20. The number of hydrogen-bond acceptors (Lipinski definition) is 1. The van der Waals surface area contributed by atoms with Crippen molar-refractivity contribution in [2.24, 2.45) is 5.73 Å². The van der Waals surface area contributed by atoms with Crippen LogP contribution in [0.15, 0.2) is 0 Å². The lowest BCUT2D eigenvalue weighted by molar-refractivity contribution is 0.679. The molecule has 0 heterocycles. The van der Waals surface area contributed by atoms with Gasteiger partial charge in [-0.05, 0) is 22.8 Å². The molecule has 3 atom stereocenters. The Bertz CT molecular complexity index is 143. The first-order chi connectivity index (χ1) is 7.00. The van der Waals surface area contributed by atoms with Gasteiger partial charge < -0.3 is 5.73 Å². The van der Waals surface area contributed by atoms with Gasteiger partial charge in [-0.15, -0.1) is 0 Å². The molecule has 0 radical (unpaired) electrons. The normalized spacial score (nSPS) is 21.8. The first-order valence-electron chi connectivity index (χ1n) is 6.71. The second-order valence-electron chi connectivity index (χ2n) is 5.24. The molecule has 0 aromatic heterocycles. The molecule has 0 rings (SSSR count). The van der Waals surface area contributed by atoms with Gasteiger partial charge in [-0.25, -0.2) is 0 Å². The molecule has 0 aliphatic rings. The van der Waals surface area contributed by atoms with Crippen LogP contribution < -0.4 is 5.73 Å². The summed E-state index contributed by atoms with van der Waals surface area (Å²) in [5.74, 6) is 0. The summed E-state index contributed by atoms with van der Waals surface area (Å²) in [6.45, 7) is 14.3. The summed E-state index contributed by atoms with van der Waals surface area (Å²) in [5.41, 5.74) is 8.80. The molecule has 92 valence electrons. The molecular formula is C13H31NSi. The van der Waals surface area contributed by atoms with Crippen molar-refractivity contribution in [2.45, 2.75) is 77.4 Å². The van der Waals surface area contributed by atoms with E-state index < -0.39 is 8.07 Å². The molecule has 0 amide bonds. The lowest BCUT2D eigenvalue weighted by Crippen LogP contribution is -2.53. The minimum Gasteiger partial charge on any atom is -0.333 e. The van der Waals surface area contributed by atoms with Crippen LogP contribution >= 0.6 is 0 Å². The second kappa shape index (κ2) is 6.69. The summed E-state index contributed by atoms with van der Waals surface area (Å²) in [6, 6.07) is 0. The minimum atomic E-state index is -1.30. The molecule has 0 bridgehead atoms. The third-order valence-corrected chi connectivity index (χ3v) is 12.4. The monoisotopic (exact) mass is 229 g/mol. The Morgan fingerprint density at radius 2 is 1.07 bits per heavy atom. The summed E-state index contributed by atoms with van der Waals surface area (Å²) < 4.78 is 0. The van der Waals surface area contributed by atoms with Gasteiger partial charge in [-0.2, -0.15) is 0 Å². The predicted molar refractivity (Wildman–Crippen MR) is 74.0 cm³/mol. The highest BCUT2D eigenvalue weighted by molar-refractivity contribution is 6.83. The Balaban J connectivity index is 5.09. The fraction of sp³-hybridized carbons (Fsp3) is 1.00. The largest absolute Gasteiger partial charge is 0.333 e. The Kier molecular flexibility index (Phi) is 6.77. The average Bonchev–Trinajstić information content (AvgIpc) is 2.29. The van der Waals surface area contributed by atoms with E-state index in [0.29, 0.717) is 0 Å². The topological polar surface area (TPSA) is 26.0 Å². The van der Waals surface area contributed by atoms with E-state index in [0.717, 1.165) is 22.8 Å². The molecule has 0 aliphatic carbocycles. The number of nitrogens with two attached hydrogens (primary N) is 1. The zero-order valence-electron chi connectivity index (χ0n) is 11.6. The number of hydrogen-bond donors (Lipinski definition) is 1. The molecule has 3 unspecified atom stereocenters. The Morgan fingerprint density at radius 1 is 0.800 bits per heavy atom. The first kappa shape index (κ1) is 15.2. The van der Waals surface area contributed by atoms with E-state index in [9.17, 15) is 0 Å². The van der Waals surface area contributed by atoms with Gasteiger partial charge in [0.2, 0.25) is 0 Å². The van der Waals surface area contributed by atoms with Crippen LogP contribution in [0.3, 0.4) is 0 Å². The minimum absolute atomic E-state index is 0.868. The van der Waals surface area contributed by atoms with E-state index in [1.165, 1.54) is 19.3 Å². The molecule has 2 heteroatoms. The van der Waals surface area contributed by atoms with Gasteiger partial charge in [0.05, 0.1) is 8.07 Å². The van der Waals surface area contributed by atoms with E-state index in [1.807, 2.05) is 0 Å². The third-order valence-electron chi connectivity index (χ3n) is 4.94. The van der Waals surface area contributed by atoms with Crippen LogP contribution in [0.2, 0.25) is 16.6 Å². The summed E-state index contributed by atoms with van der Waals surface area (Å²) in [4.78, 5) is 0. The van der Waals surface area contributed by atoms with Gasteiger partial charge in [0.15, 0.2) is 0 Å². The van der Waals surface area contributed by atoms with Crippen LogP contribution in [-0.4, -0.2) is 14.2 Å². The molecule has 15 heavy (non-hydrogen) atoms. The average molecular weight is 229 g/mol. The molecular weight excluding hydrogens is 198 g/mol. The smallest absolute Gasteiger partial charge is 0.0766 e. The van der Waals surface area contributed by atoms with Gasteiger partial charge in [0.1, 0.15) is 0 Å². The van der Waals surface area contributed by atoms with Crippen molar-refractivity contribution < 1.29 is 0 Å². The first-order valence-corrected chi connectivity index (χ1v) is 9.15. The van der Waals surface area contributed by atoms with E-state index in [4.69, 9.17) is 5.73 Å².